The minimum Gasteiger partial charge on any atom is -0.484 e. The molecule has 1 aliphatic rings. The molecule has 0 saturated heterocycles. The van der Waals surface area contributed by atoms with Crippen molar-refractivity contribution in [3.8, 4) is 5.75 Å². The molecular formula is C21H34N4O2. The van der Waals surface area contributed by atoms with Crippen molar-refractivity contribution in [1.82, 2.24) is 16.0 Å². The Morgan fingerprint density at radius 1 is 1.26 bits per heavy atom. The highest BCUT2D eigenvalue weighted by molar-refractivity contribution is 5.79. The Morgan fingerprint density at radius 3 is 2.78 bits per heavy atom. The number of aliphatic imine (C=N–C) groups is 1. The van der Waals surface area contributed by atoms with Gasteiger partial charge < -0.3 is 20.7 Å². The van der Waals surface area contributed by atoms with Gasteiger partial charge in [-0.15, -0.1) is 0 Å². The number of nitrogens with zero attached hydrogens (tertiary/aromatic N) is 1. The van der Waals surface area contributed by atoms with E-state index in [1.165, 1.54) is 12.8 Å². The third-order valence-electron chi connectivity index (χ3n) is 4.40. The highest BCUT2D eigenvalue weighted by Crippen LogP contribution is 2.18. The van der Waals surface area contributed by atoms with Crippen LogP contribution in [0.1, 0.15) is 51.5 Å². The highest BCUT2D eigenvalue weighted by atomic mass is 16.5. The Balaban J connectivity index is 1.68. The zero-order valence-electron chi connectivity index (χ0n) is 16.9. The maximum atomic E-state index is 11.7. The van der Waals surface area contributed by atoms with Gasteiger partial charge in [0.2, 0.25) is 0 Å². The summed E-state index contributed by atoms with van der Waals surface area (Å²) in [6.45, 7) is 6.15. The fourth-order valence-corrected chi connectivity index (χ4v) is 2.68. The van der Waals surface area contributed by atoms with E-state index in [-0.39, 0.29) is 12.5 Å². The lowest BCUT2D eigenvalue weighted by Crippen LogP contribution is -2.37. The number of rotatable bonds is 11. The van der Waals surface area contributed by atoms with Gasteiger partial charge in [-0.2, -0.15) is 0 Å². The molecule has 0 spiro atoms. The van der Waals surface area contributed by atoms with Gasteiger partial charge in [0, 0.05) is 26.2 Å². The molecule has 1 amide bonds. The smallest absolute Gasteiger partial charge is 0.258 e. The first-order valence-electron chi connectivity index (χ1n) is 10.0. The molecule has 2 rings (SSSR count). The van der Waals surface area contributed by atoms with Crippen molar-refractivity contribution < 1.29 is 9.53 Å². The Bertz CT molecular complexity index is 612. The van der Waals surface area contributed by atoms with Crippen LogP contribution in [0.2, 0.25) is 0 Å². The zero-order chi connectivity index (χ0) is 19.5. The minimum atomic E-state index is -0.0527. The Labute approximate surface area is 163 Å². The molecule has 3 N–H and O–H groups in total. The lowest BCUT2D eigenvalue weighted by atomic mass is 10.1. The monoisotopic (exact) mass is 374 g/mol. The number of hydrogen-bond donors (Lipinski definition) is 3. The predicted octanol–water partition coefficient (Wildman–Crippen LogP) is 2.84. The molecule has 0 aromatic heterocycles. The fourth-order valence-electron chi connectivity index (χ4n) is 2.68. The second-order valence-corrected chi connectivity index (χ2v) is 7.52. The minimum absolute atomic E-state index is 0.0527. The fraction of sp³-hybridized carbons (Fsp3) is 0.619. The van der Waals surface area contributed by atoms with Crippen LogP contribution in [0.5, 0.6) is 5.75 Å². The summed E-state index contributed by atoms with van der Waals surface area (Å²) < 4.78 is 5.60. The van der Waals surface area contributed by atoms with E-state index in [4.69, 9.17) is 4.74 Å². The Hall–Kier alpha value is -2.24. The molecule has 6 nitrogen and oxygen atoms in total. The molecule has 1 aromatic rings. The predicted molar refractivity (Wildman–Crippen MR) is 110 cm³/mol. The van der Waals surface area contributed by atoms with Crippen LogP contribution in [-0.4, -0.2) is 38.1 Å². The first-order valence-corrected chi connectivity index (χ1v) is 10.0. The molecule has 0 bridgehead atoms. The SMILES string of the molecule is CN=C(NCCCCC(C)C)NCc1cccc(OCC(=O)NC2CC2)c1. The van der Waals surface area contributed by atoms with Gasteiger partial charge in [0.15, 0.2) is 12.6 Å². The van der Waals surface area contributed by atoms with E-state index in [1.807, 2.05) is 24.3 Å². The summed E-state index contributed by atoms with van der Waals surface area (Å²) >= 11 is 0. The van der Waals surface area contributed by atoms with Crippen molar-refractivity contribution in [3.63, 3.8) is 0 Å². The number of hydrogen-bond acceptors (Lipinski definition) is 3. The summed E-state index contributed by atoms with van der Waals surface area (Å²) in [6, 6.07) is 8.15. The van der Waals surface area contributed by atoms with Crippen LogP contribution in [-0.2, 0) is 11.3 Å². The first kappa shape index (κ1) is 21.1. The van der Waals surface area contributed by atoms with Crippen LogP contribution < -0.4 is 20.7 Å². The molecule has 1 saturated carbocycles. The van der Waals surface area contributed by atoms with Crippen LogP contribution in [0, 0.1) is 5.92 Å². The quantitative estimate of drug-likeness (QED) is 0.316. The van der Waals surface area contributed by atoms with Gasteiger partial charge >= 0.3 is 0 Å². The molecule has 27 heavy (non-hydrogen) atoms. The Kier molecular flexibility index (Phi) is 8.95. The van der Waals surface area contributed by atoms with Gasteiger partial charge in [0.1, 0.15) is 5.75 Å². The summed E-state index contributed by atoms with van der Waals surface area (Å²) in [5, 5.41) is 9.58. The maximum Gasteiger partial charge on any atom is 0.258 e. The van der Waals surface area contributed by atoms with Crippen LogP contribution in [0.15, 0.2) is 29.3 Å². The van der Waals surface area contributed by atoms with Gasteiger partial charge in [-0.3, -0.25) is 9.79 Å². The van der Waals surface area contributed by atoms with Gasteiger partial charge in [-0.25, -0.2) is 0 Å². The van der Waals surface area contributed by atoms with Gasteiger partial charge in [0.05, 0.1) is 0 Å². The lowest BCUT2D eigenvalue weighted by molar-refractivity contribution is -0.123. The number of nitrogens with one attached hydrogen (secondary N) is 3. The van der Waals surface area contributed by atoms with Crippen molar-refractivity contribution in [3.05, 3.63) is 29.8 Å². The Morgan fingerprint density at radius 2 is 2.07 bits per heavy atom. The van der Waals surface area contributed by atoms with Gasteiger partial charge in [-0.05, 0) is 42.9 Å². The van der Waals surface area contributed by atoms with Crippen molar-refractivity contribution in [1.29, 1.82) is 0 Å². The van der Waals surface area contributed by atoms with Crippen LogP contribution in [0.4, 0.5) is 0 Å². The molecule has 0 atom stereocenters. The van der Waals surface area contributed by atoms with Gasteiger partial charge in [-0.1, -0.05) is 38.8 Å². The number of unbranched alkanes of at least 4 members (excludes halogenated alkanes) is 1. The van der Waals surface area contributed by atoms with Crippen molar-refractivity contribution in [2.45, 2.75) is 58.5 Å². The summed E-state index contributed by atoms with van der Waals surface area (Å²) in [7, 11) is 1.78. The normalized spacial score (nSPS) is 14.1. The molecule has 0 radical (unpaired) electrons. The zero-order valence-corrected chi connectivity index (χ0v) is 16.9. The van der Waals surface area contributed by atoms with E-state index in [0.717, 1.165) is 43.2 Å². The van der Waals surface area contributed by atoms with Crippen molar-refractivity contribution in [2.75, 3.05) is 20.2 Å². The molecule has 150 valence electrons. The number of ether oxygens (including phenoxy) is 1. The number of carbonyl (C=O) groups excluding carboxylic acids is 1. The molecule has 1 aliphatic carbocycles. The number of guanidine groups is 1. The standard InChI is InChI=1S/C21H34N4O2/c1-16(2)7-4-5-12-23-21(22-3)24-14-17-8-6-9-19(13-17)27-15-20(26)25-18-10-11-18/h6,8-9,13,16,18H,4-5,7,10-12,14-15H2,1-3H3,(H,25,26)(H2,22,23,24). The average molecular weight is 375 g/mol. The molecule has 0 heterocycles. The maximum absolute atomic E-state index is 11.7. The third-order valence-corrected chi connectivity index (χ3v) is 4.40. The summed E-state index contributed by atoms with van der Waals surface area (Å²) in [5.41, 5.74) is 1.08. The largest absolute Gasteiger partial charge is 0.484 e. The third kappa shape index (κ3) is 9.31. The van der Waals surface area contributed by atoms with Crippen LogP contribution >= 0.6 is 0 Å². The van der Waals surface area contributed by atoms with Gasteiger partial charge in [0.25, 0.3) is 5.91 Å². The van der Waals surface area contributed by atoms with Crippen molar-refractivity contribution >= 4 is 11.9 Å². The molecule has 1 aromatic carbocycles. The van der Waals surface area contributed by atoms with Crippen LogP contribution in [0.3, 0.4) is 0 Å². The first-order chi connectivity index (χ1) is 13.1. The second-order valence-electron chi connectivity index (χ2n) is 7.52. The second kappa shape index (κ2) is 11.5. The average Bonchev–Trinajstić information content (AvgIpc) is 3.46. The van der Waals surface area contributed by atoms with E-state index in [9.17, 15) is 4.79 Å². The number of benzene rings is 1. The van der Waals surface area contributed by atoms with E-state index < -0.39 is 0 Å². The molecule has 0 aliphatic heterocycles. The summed E-state index contributed by atoms with van der Waals surface area (Å²) in [6.07, 6.45) is 5.81. The van der Waals surface area contributed by atoms with E-state index in [1.54, 1.807) is 7.05 Å². The van der Waals surface area contributed by atoms with E-state index in [0.29, 0.717) is 18.3 Å². The molecule has 0 unspecified atom stereocenters. The van der Waals surface area contributed by atoms with Crippen molar-refractivity contribution in [2.24, 2.45) is 10.9 Å². The highest BCUT2D eigenvalue weighted by Gasteiger charge is 2.23. The lowest BCUT2D eigenvalue weighted by Gasteiger charge is -2.13. The van der Waals surface area contributed by atoms with E-state index in [2.05, 4.69) is 34.8 Å². The topological polar surface area (TPSA) is 74.8 Å². The summed E-state index contributed by atoms with van der Waals surface area (Å²) in [5.74, 6) is 2.21. The number of carbonyl (C=O) groups is 1. The van der Waals surface area contributed by atoms with E-state index >= 15 is 0 Å². The van der Waals surface area contributed by atoms with Crippen LogP contribution in [0.25, 0.3) is 0 Å². The molecule has 6 heteroatoms. The summed E-state index contributed by atoms with van der Waals surface area (Å²) in [4.78, 5) is 16.0. The number of amides is 1. The molecule has 1 fully saturated rings. The molecular weight excluding hydrogens is 340 g/mol.